The fourth-order valence-electron chi connectivity index (χ4n) is 3.67. The number of hydrogen-bond acceptors (Lipinski definition) is 7. The normalized spacial score (nSPS) is 20.1. The topological polar surface area (TPSA) is 78.4 Å². The largest absolute Gasteiger partial charge is 0.495 e. The maximum atomic E-state index is 12.1. The van der Waals surface area contributed by atoms with E-state index in [1.807, 2.05) is 30.5 Å². The van der Waals surface area contributed by atoms with Crippen molar-refractivity contribution < 1.29 is 19.4 Å². The number of aliphatic hydroxyl groups is 1. The second-order valence-corrected chi connectivity index (χ2v) is 7.38. The number of carbonyl (C=O) groups is 1. The van der Waals surface area contributed by atoms with Crippen LogP contribution in [0.1, 0.15) is 0 Å². The molecule has 2 saturated heterocycles. The summed E-state index contributed by atoms with van der Waals surface area (Å²) >= 11 is 0. The van der Waals surface area contributed by atoms with Crippen molar-refractivity contribution in [3.63, 3.8) is 0 Å². The van der Waals surface area contributed by atoms with Crippen LogP contribution in [0.3, 0.4) is 0 Å². The molecule has 29 heavy (non-hydrogen) atoms. The van der Waals surface area contributed by atoms with Crippen molar-refractivity contribution in [1.82, 2.24) is 9.88 Å². The molecule has 1 amide bonds. The number of pyridine rings is 1. The zero-order chi connectivity index (χ0) is 20.4. The Morgan fingerprint density at radius 3 is 2.55 bits per heavy atom. The van der Waals surface area contributed by atoms with E-state index in [9.17, 15) is 9.90 Å². The number of carbonyl (C=O) groups excluding carboxylic acids is 1. The first-order chi connectivity index (χ1) is 14.1. The van der Waals surface area contributed by atoms with Crippen LogP contribution in [-0.4, -0.2) is 80.7 Å². The Morgan fingerprint density at radius 1 is 1.17 bits per heavy atom. The minimum atomic E-state index is -0.516. The zero-order valence-electron chi connectivity index (χ0n) is 16.7. The number of piperazine rings is 1. The molecule has 1 atom stereocenters. The highest BCUT2D eigenvalue weighted by Gasteiger charge is 2.33. The van der Waals surface area contributed by atoms with E-state index in [1.165, 1.54) is 4.90 Å². The molecule has 0 spiro atoms. The lowest BCUT2D eigenvalue weighted by molar-refractivity contribution is 0.0963. The van der Waals surface area contributed by atoms with Crippen LogP contribution in [0.15, 0.2) is 36.5 Å². The van der Waals surface area contributed by atoms with Crippen LogP contribution in [0.4, 0.5) is 16.3 Å². The minimum absolute atomic E-state index is 0.200. The first-order valence-corrected chi connectivity index (χ1v) is 9.76. The highest BCUT2D eigenvalue weighted by molar-refractivity contribution is 5.92. The molecule has 8 nitrogen and oxygen atoms in total. The average molecular weight is 398 g/mol. The standard InChI is InChI=1S/C21H26N4O4/c1-23-7-9-24(10-8-23)20-6-4-16(12-22-20)15-3-5-18(19(11-15)28-2)25-13-17(14-26)29-21(25)27/h3-6,11-12,17,26H,7-10,13-14H2,1-2H3. The number of anilines is 2. The number of nitrogens with zero attached hydrogens (tertiary/aromatic N) is 4. The summed E-state index contributed by atoms with van der Waals surface area (Å²) in [5.41, 5.74) is 2.55. The Kier molecular flexibility index (Phi) is 5.55. The van der Waals surface area contributed by atoms with E-state index in [0.717, 1.165) is 43.1 Å². The molecule has 0 aliphatic carbocycles. The lowest BCUT2D eigenvalue weighted by Gasteiger charge is -2.33. The quantitative estimate of drug-likeness (QED) is 0.823. The molecule has 0 radical (unpaired) electrons. The van der Waals surface area contributed by atoms with Gasteiger partial charge in [-0.3, -0.25) is 4.90 Å². The van der Waals surface area contributed by atoms with Gasteiger partial charge in [0.25, 0.3) is 0 Å². The van der Waals surface area contributed by atoms with Crippen LogP contribution in [0, 0.1) is 0 Å². The number of hydrogen-bond donors (Lipinski definition) is 1. The Morgan fingerprint density at radius 2 is 1.93 bits per heavy atom. The molecule has 0 saturated carbocycles. The van der Waals surface area contributed by atoms with Crippen LogP contribution in [-0.2, 0) is 4.74 Å². The first-order valence-electron chi connectivity index (χ1n) is 9.76. The van der Waals surface area contributed by atoms with E-state index < -0.39 is 12.2 Å². The molecule has 1 aromatic carbocycles. The number of aromatic nitrogens is 1. The molecule has 2 aliphatic heterocycles. The highest BCUT2D eigenvalue weighted by Crippen LogP contribution is 2.35. The highest BCUT2D eigenvalue weighted by atomic mass is 16.6. The molecule has 3 heterocycles. The molecular weight excluding hydrogens is 372 g/mol. The van der Waals surface area contributed by atoms with Crippen LogP contribution < -0.4 is 14.5 Å². The summed E-state index contributed by atoms with van der Waals surface area (Å²) in [5.74, 6) is 1.56. The van der Waals surface area contributed by atoms with Gasteiger partial charge in [0, 0.05) is 37.9 Å². The fourth-order valence-corrected chi connectivity index (χ4v) is 3.67. The molecule has 8 heteroatoms. The summed E-state index contributed by atoms with van der Waals surface area (Å²) in [7, 11) is 3.71. The number of benzene rings is 1. The number of likely N-dealkylation sites (N-methyl/N-ethyl adjacent to an activating group) is 1. The molecule has 1 aromatic heterocycles. The molecule has 2 aromatic rings. The number of cyclic esters (lactones) is 1. The van der Waals surface area contributed by atoms with Gasteiger partial charge in [0.15, 0.2) is 0 Å². The summed E-state index contributed by atoms with van der Waals surface area (Å²) in [4.78, 5) is 22.8. The van der Waals surface area contributed by atoms with E-state index in [-0.39, 0.29) is 6.61 Å². The maximum absolute atomic E-state index is 12.1. The number of rotatable bonds is 5. The van der Waals surface area contributed by atoms with Crippen LogP contribution in [0.2, 0.25) is 0 Å². The Balaban J connectivity index is 1.54. The van der Waals surface area contributed by atoms with E-state index in [4.69, 9.17) is 9.47 Å². The predicted molar refractivity (Wildman–Crippen MR) is 111 cm³/mol. The molecule has 1 unspecified atom stereocenters. The molecule has 1 N–H and O–H groups in total. The van der Waals surface area contributed by atoms with E-state index >= 15 is 0 Å². The van der Waals surface area contributed by atoms with E-state index in [0.29, 0.717) is 18.0 Å². The third kappa shape index (κ3) is 3.99. The van der Waals surface area contributed by atoms with Gasteiger partial charge in [-0.2, -0.15) is 0 Å². The van der Waals surface area contributed by atoms with Crippen LogP contribution in [0.25, 0.3) is 11.1 Å². The van der Waals surface area contributed by atoms with Gasteiger partial charge in [-0.25, -0.2) is 9.78 Å². The second-order valence-electron chi connectivity index (χ2n) is 7.38. The van der Waals surface area contributed by atoms with E-state index in [1.54, 1.807) is 7.11 Å². The van der Waals surface area contributed by atoms with Gasteiger partial charge in [0.1, 0.15) is 17.7 Å². The second kappa shape index (κ2) is 8.26. The zero-order valence-corrected chi connectivity index (χ0v) is 16.7. The molecule has 2 fully saturated rings. The molecule has 154 valence electrons. The van der Waals surface area contributed by atoms with Gasteiger partial charge >= 0.3 is 6.09 Å². The van der Waals surface area contributed by atoms with Crippen molar-refractivity contribution in [2.24, 2.45) is 0 Å². The Hall–Kier alpha value is -2.84. The van der Waals surface area contributed by atoms with Gasteiger partial charge < -0.3 is 24.4 Å². The van der Waals surface area contributed by atoms with Gasteiger partial charge in [-0.15, -0.1) is 0 Å². The van der Waals surface area contributed by atoms with Gasteiger partial charge in [0.2, 0.25) is 0 Å². The fraction of sp³-hybridized carbons (Fsp3) is 0.429. The maximum Gasteiger partial charge on any atom is 0.414 e. The van der Waals surface area contributed by atoms with Crippen molar-refractivity contribution in [3.8, 4) is 16.9 Å². The summed E-state index contributed by atoms with van der Waals surface area (Å²) in [6.07, 6.45) is 0.875. The van der Waals surface area contributed by atoms with Gasteiger partial charge in [-0.1, -0.05) is 6.07 Å². The molecule has 2 aliphatic rings. The third-order valence-electron chi connectivity index (χ3n) is 5.46. The number of amides is 1. The Bertz CT molecular complexity index is 865. The van der Waals surface area contributed by atoms with Crippen molar-refractivity contribution in [2.75, 3.05) is 63.3 Å². The van der Waals surface area contributed by atoms with Crippen LogP contribution >= 0.6 is 0 Å². The minimum Gasteiger partial charge on any atom is -0.495 e. The first kappa shape index (κ1) is 19.5. The predicted octanol–water partition coefficient (Wildman–Crippen LogP) is 1.83. The van der Waals surface area contributed by atoms with Gasteiger partial charge in [0.05, 0.1) is 25.9 Å². The van der Waals surface area contributed by atoms with Crippen molar-refractivity contribution in [3.05, 3.63) is 36.5 Å². The Labute approximate surface area is 170 Å². The number of ether oxygens (including phenoxy) is 2. The number of aliphatic hydroxyl groups excluding tert-OH is 1. The summed E-state index contributed by atoms with van der Waals surface area (Å²) in [5, 5.41) is 9.25. The van der Waals surface area contributed by atoms with Gasteiger partial charge in [-0.05, 0) is 36.9 Å². The van der Waals surface area contributed by atoms with Crippen molar-refractivity contribution >= 4 is 17.6 Å². The van der Waals surface area contributed by atoms with Crippen molar-refractivity contribution in [1.29, 1.82) is 0 Å². The summed E-state index contributed by atoms with van der Waals surface area (Å²) in [6.45, 7) is 4.13. The van der Waals surface area contributed by atoms with E-state index in [2.05, 4.69) is 27.9 Å². The number of methoxy groups -OCH3 is 1. The molecule has 4 rings (SSSR count). The lowest BCUT2D eigenvalue weighted by Crippen LogP contribution is -2.44. The molecular formula is C21H26N4O4. The summed E-state index contributed by atoms with van der Waals surface area (Å²) < 4.78 is 10.7. The average Bonchev–Trinajstić information content (AvgIpc) is 3.14. The third-order valence-corrected chi connectivity index (χ3v) is 5.46. The molecule has 0 bridgehead atoms. The van der Waals surface area contributed by atoms with Crippen LogP contribution in [0.5, 0.6) is 5.75 Å². The summed E-state index contributed by atoms with van der Waals surface area (Å²) in [6, 6.07) is 9.76. The monoisotopic (exact) mass is 398 g/mol. The smallest absolute Gasteiger partial charge is 0.414 e. The van der Waals surface area contributed by atoms with Crippen molar-refractivity contribution in [2.45, 2.75) is 6.10 Å². The SMILES string of the molecule is COc1cc(-c2ccc(N3CCN(C)CC3)nc2)ccc1N1CC(CO)OC1=O. The lowest BCUT2D eigenvalue weighted by atomic mass is 10.1.